The van der Waals surface area contributed by atoms with Gasteiger partial charge in [-0.05, 0) is 68.5 Å². The number of nitrogens with zero attached hydrogens (tertiary/aromatic N) is 2. The molecule has 2 unspecified atom stereocenters. The minimum atomic E-state index is -0.409. The van der Waals surface area contributed by atoms with Gasteiger partial charge in [0.15, 0.2) is 5.78 Å². The lowest BCUT2D eigenvalue weighted by Gasteiger charge is -2.46. The Morgan fingerprint density at radius 1 is 0.829 bits per heavy atom. The smallest absolute Gasteiger partial charge is 0.207 e. The number of halogens is 3. The number of ketones is 1. The molecule has 2 aliphatic heterocycles. The van der Waals surface area contributed by atoms with Crippen molar-refractivity contribution in [3.05, 3.63) is 106 Å². The topological polar surface area (TPSA) is 52.7 Å². The Bertz CT molecular complexity index is 1280. The molecule has 0 aliphatic carbocycles. The first-order valence-corrected chi connectivity index (χ1v) is 15.1. The largest absolute Gasteiger partial charge is 0.349 e. The van der Waals surface area contributed by atoms with Crippen molar-refractivity contribution in [2.45, 2.75) is 56.1 Å². The predicted molar refractivity (Wildman–Crippen MR) is 169 cm³/mol. The molecule has 2 atom stereocenters. The number of nitrogens with one attached hydrogen (secondary N) is 1. The highest BCUT2D eigenvalue weighted by Crippen LogP contribution is 2.39. The van der Waals surface area contributed by atoms with Crippen molar-refractivity contribution in [1.82, 2.24) is 15.1 Å². The Kier molecular flexibility index (Phi) is 11.3. The summed E-state index contributed by atoms with van der Waals surface area (Å²) in [6, 6.07) is 25.5. The van der Waals surface area contributed by atoms with E-state index in [9.17, 15) is 9.59 Å². The van der Waals surface area contributed by atoms with Crippen LogP contribution in [0.2, 0.25) is 10.0 Å². The molecule has 0 saturated carbocycles. The third-order valence-corrected chi connectivity index (χ3v) is 9.46. The van der Waals surface area contributed by atoms with Crippen molar-refractivity contribution in [2.24, 2.45) is 0 Å². The maximum Gasteiger partial charge on any atom is 0.207 e. The Labute approximate surface area is 259 Å². The summed E-state index contributed by atoms with van der Waals surface area (Å²) < 4.78 is 0. The molecule has 2 aliphatic rings. The molecule has 1 N–H and O–H groups in total. The number of likely N-dealkylation sites (tertiary alicyclic amines) is 2. The summed E-state index contributed by atoms with van der Waals surface area (Å²) in [6.07, 6.45) is 6.45. The molecule has 0 spiro atoms. The lowest BCUT2D eigenvalue weighted by molar-refractivity contribution is -0.112. The van der Waals surface area contributed by atoms with Gasteiger partial charge in [-0.1, -0.05) is 96.4 Å². The summed E-state index contributed by atoms with van der Waals surface area (Å²) in [5.74, 6) is 0.172. The second-order valence-electron chi connectivity index (χ2n) is 11.0. The zero-order valence-corrected chi connectivity index (χ0v) is 25.5. The molecule has 8 heteroatoms. The Morgan fingerprint density at radius 3 is 2.07 bits per heavy atom. The third-order valence-electron chi connectivity index (χ3n) is 8.72. The number of hydrogen-bond acceptors (Lipinski definition) is 4. The van der Waals surface area contributed by atoms with Gasteiger partial charge in [-0.25, -0.2) is 0 Å². The zero-order chi connectivity index (χ0) is 28.0. The van der Waals surface area contributed by atoms with Crippen LogP contribution in [0.5, 0.6) is 0 Å². The van der Waals surface area contributed by atoms with Crippen LogP contribution in [0.25, 0.3) is 0 Å². The first-order chi connectivity index (χ1) is 19.5. The SMILES string of the molecule is Cl.O=CNC1(c2ccccc2)CCN(C(CC(C(=O)c2ccccc2)N2CCCCC2)c2ccc(Cl)c(Cl)c2)CC1. The van der Waals surface area contributed by atoms with Crippen molar-refractivity contribution < 1.29 is 9.59 Å². The van der Waals surface area contributed by atoms with E-state index in [0.29, 0.717) is 16.5 Å². The Morgan fingerprint density at radius 2 is 1.46 bits per heavy atom. The number of benzene rings is 3. The highest BCUT2D eigenvalue weighted by atomic mass is 35.5. The van der Waals surface area contributed by atoms with Gasteiger partial charge in [-0.15, -0.1) is 12.4 Å². The molecule has 5 rings (SSSR count). The van der Waals surface area contributed by atoms with Gasteiger partial charge in [0, 0.05) is 24.7 Å². The fraction of sp³-hybridized carbons (Fsp3) is 0.394. The van der Waals surface area contributed by atoms with Crippen LogP contribution < -0.4 is 5.32 Å². The fourth-order valence-electron chi connectivity index (χ4n) is 6.48. The third kappa shape index (κ3) is 7.33. The molecule has 2 heterocycles. The maximum absolute atomic E-state index is 14.0. The summed E-state index contributed by atoms with van der Waals surface area (Å²) in [6.45, 7) is 3.40. The van der Waals surface area contributed by atoms with Gasteiger partial charge in [-0.2, -0.15) is 0 Å². The number of piperidine rings is 2. The van der Waals surface area contributed by atoms with Crippen LogP contribution in [0.3, 0.4) is 0 Å². The van der Waals surface area contributed by atoms with Gasteiger partial charge in [0.05, 0.1) is 21.6 Å². The number of carbonyl (C=O) groups is 2. The van der Waals surface area contributed by atoms with Crippen LogP contribution in [0.4, 0.5) is 0 Å². The predicted octanol–water partition coefficient (Wildman–Crippen LogP) is 7.32. The monoisotopic (exact) mass is 613 g/mol. The number of amides is 1. The lowest BCUT2D eigenvalue weighted by atomic mass is 9.80. The number of hydrogen-bond donors (Lipinski definition) is 1. The fourth-order valence-corrected chi connectivity index (χ4v) is 6.78. The zero-order valence-electron chi connectivity index (χ0n) is 23.2. The van der Waals surface area contributed by atoms with E-state index in [2.05, 4.69) is 27.2 Å². The maximum atomic E-state index is 14.0. The molecule has 3 aromatic carbocycles. The molecule has 3 aromatic rings. The molecule has 2 fully saturated rings. The van der Waals surface area contributed by atoms with E-state index in [1.54, 1.807) is 0 Å². The first kappa shape index (κ1) is 31.5. The standard InChI is InChI=1S/C33H37Cl2N3O2.ClH/c34-28-15-14-26(22-29(28)35)30(38-20-16-33(17-21-38,36-24-39)27-12-6-2-7-13-27)23-31(37-18-8-3-9-19-37)32(40)25-10-4-1-5-11-25;/h1-2,4-7,10-15,22,24,30-31H,3,8-9,16-21,23H2,(H,36,39);1H. The minimum Gasteiger partial charge on any atom is -0.349 e. The van der Waals surface area contributed by atoms with Crippen LogP contribution >= 0.6 is 35.6 Å². The molecule has 5 nitrogen and oxygen atoms in total. The Hall–Kier alpha value is -2.41. The van der Waals surface area contributed by atoms with Crippen LogP contribution in [0, 0.1) is 0 Å². The van der Waals surface area contributed by atoms with Gasteiger partial charge in [0.25, 0.3) is 0 Å². The van der Waals surface area contributed by atoms with Crippen LogP contribution in [-0.4, -0.2) is 54.2 Å². The molecular weight excluding hydrogens is 577 g/mol. The van der Waals surface area contributed by atoms with Gasteiger partial charge >= 0.3 is 0 Å². The van der Waals surface area contributed by atoms with Gasteiger partial charge in [0.2, 0.25) is 6.41 Å². The quantitative estimate of drug-likeness (QED) is 0.192. The van der Waals surface area contributed by atoms with E-state index in [1.807, 2.05) is 66.7 Å². The van der Waals surface area contributed by atoms with Gasteiger partial charge < -0.3 is 5.32 Å². The second kappa shape index (κ2) is 14.7. The average molecular weight is 615 g/mol. The van der Waals surface area contributed by atoms with Crippen molar-refractivity contribution in [3.8, 4) is 0 Å². The molecule has 218 valence electrons. The number of rotatable bonds is 10. The molecule has 0 radical (unpaired) electrons. The van der Waals surface area contributed by atoms with Crippen LogP contribution in [0.15, 0.2) is 78.9 Å². The molecule has 0 bridgehead atoms. The van der Waals surface area contributed by atoms with E-state index < -0.39 is 5.54 Å². The summed E-state index contributed by atoms with van der Waals surface area (Å²) in [5, 5.41) is 4.20. The average Bonchev–Trinajstić information content (AvgIpc) is 3.01. The molecule has 41 heavy (non-hydrogen) atoms. The van der Waals surface area contributed by atoms with Gasteiger partial charge in [-0.3, -0.25) is 19.4 Å². The van der Waals surface area contributed by atoms with E-state index in [-0.39, 0.29) is 30.3 Å². The number of carbonyl (C=O) groups excluding carboxylic acids is 2. The van der Waals surface area contributed by atoms with E-state index in [4.69, 9.17) is 23.2 Å². The van der Waals surface area contributed by atoms with E-state index in [1.165, 1.54) is 6.42 Å². The van der Waals surface area contributed by atoms with Crippen molar-refractivity contribution >= 4 is 47.8 Å². The van der Waals surface area contributed by atoms with E-state index in [0.717, 1.165) is 75.0 Å². The second-order valence-corrected chi connectivity index (χ2v) is 11.8. The summed E-state index contributed by atoms with van der Waals surface area (Å²) in [5.41, 5.74) is 2.53. The van der Waals surface area contributed by atoms with Crippen LogP contribution in [-0.2, 0) is 10.3 Å². The van der Waals surface area contributed by atoms with Crippen molar-refractivity contribution in [2.75, 3.05) is 26.2 Å². The highest BCUT2D eigenvalue weighted by molar-refractivity contribution is 6.42. The Balaban J connectivity index is 0.00000387. The molecule has 1 amide bonds. The minimum absolute atomic E-state index is 0. The summed E-state index contributed by atoms with van der Waals surface area (Å²) in [7, 11) is 0. The van der Waals surface area contributed by atoms with E-state index >= 15 is 0 Å². The molecular formula is C33H38Cl3N3O2. The lowest BCUT2D eigenvalue weighted by Crippen LogP contribution is -2.52. The summed E-state index contributed by atoms with van der Waals surface area (Å²) in [4.78, 5) is 30.6. The normalized spacial score (nSPS) is 19.0. The van der Waals surface area contributed by atoms with Crippen LogP contribution in [0.1, 0.15) is 66.1 Å². The highest BCUT2D eigenvalue weighted by Gasteiger charge is 2.40. The van der Waals surface area contributed by atoms with Gasteiger partial charge in [0.1, 0.15) is 0 Å². The summed E-state index contributed by atoms with van der Waals surface area (Å²) >= 11 is 12.9. The molecule has 2 saturated heterocycles. The first-order valence-electron chi connectivity index (χ1n) is 14.3. The van der Waals surface area contributed by atoms with Crippen molar-refractivity contribution in [3.63, 3.8) is 0 Å². The van der Waals surface area contributed by atoms with Crippen molar-refractivity contribution in [1.29, 1.82) is 0 Å². The number of Topliss-reactive ketones (excluding diaryl/α,β-unsaturated/α-hetero) is 1. The molecule has 0 aromatic heterocycles.